The van der Waals surface area contributed by atoms with Crippen molar-refractivity contribution in [3.8, 4) is 0 Å². The highest BCUT2D eigenvalue weighted by Crippen LogP contribution is 2.12. The Hall–Kier alpha value is -0.470. The van der Waals surface area contributed by atoms with Crippen LogP contribution in [-0.4, -0.2) is 18.1 Å². The predicted molar refractivity (Wildman–Crippen MR) is 75.2 cm³/mol. The van der Waals surface area contributed by atoms with E-state index >= 15 is 0 Å². The Morgan fingerprint density at radius 1 is 1.19 bits per heavy atom. The van der Waals surface area contributed by atoms with Gasteiger partial charge in [0.2, 0.25) is 0 Å². The summed E-state index contributed by atoms with van der Waals surface area (Å²) in [5.74, 6) is 2.51. The van der Waals surface area contributed by atoms with E-state index in [1.54, 1.807) is 0 Å². The number of thioether (sulfide) groups is 1. The van der Waals surface area contributed by atoms with Gasteiger partial charge in [0.25, 0.3) is 0 Å². The minimum absolute atomic E-state index is 1.01. The molecule has 1 rings (SSSR count). The molecule has 1 N–H and O–H groups in total. The lowest BCUT2D eigenvalue weighted by Gasteiger charge is -2.10. The molecule has 0 bridgehead atoms. The van der Waals surface area contributed by atoms with Gasteiger partial charge in [-0.2, -0.15) is 11.8 Å². The summed E-state index contributed by atoms with van der Waals surface area (Å²) in [6.07, 6.45) is 1.27. The van der Waals surface area contributed by atoms with Crippen LogP contribution >= 0.6 is 11.8 Å². The molecule has 1 aromatic carbocycles. The summed E-state index contributed by atoms with van der Waals surface area (Å²) in [6.45, 7) is 8.73. The fourth-order valence-corrected chi connectivity index (χ4v) is 2.42. The van der Waals surface area contributed by atoms with Gasteiger partial charge >= 0.3 is 0 Å². The third kappa shape index (κ3) is 4.58. The van der Waals surface area contributed by atoms with Crippen LogP contribution in [-0.2, 0) is 6.54 Å². The second-order valence-corrected chi connectivity index (χ2v) is 5.49. The van der Waals surface area contributed by atoms with Crippen LogP contribution in [0.3, 0.4) is 0 Å². The van der Waals surface area contributed by atoms with E-state index in [9.17, 15) is 0 Å². The van der Waals surface area contributed by atoms with E-state index in [0.717, 1.165) is 13.1 Å². The van der Waals surface area contributed by atoms with Crippen molar-refractivity contribution < 1.29 is 0 Å². The summed E-state index contributed by atoms with van der Waals surface area (Å²) >= 11 is 2.02. The molecule has 0 radical (unpaired) electrons. The summed E-state index contributed by atoms with van der Waals surface area (Å²) in [7, 11) is 0. The fraction of sp³-hybridized carbons (Fsp3) is 0.571. The molecule has 0 aliphatic carbocycles. The first-order valence-corrected chi connectivity index (χ1v) is 7.24. The zero-order valence-electron chi connectivity index (χ0n) is 10.7. The molecule has 0 aliphatic rings. The number of hydrogen-bond donors (Lipinski definition) is 1. The Balaban J connectivity index is 2.26. The molecule has 2 heteroatoms. The predicted octanol–water partition coefficient (Wildman–Crippen LogP) is 3.54. The highest BCUT2D eigenvalue weighted by Gasteiger charge is 2.00. The Bertz CT molecular complexity index is 289. The Labute approximate surface area is 104 Å². The fourth-order valence-electron chi connectivity index (χ4n) is 1.78. The number of hydrogen-bond acceptors (Lipinski definition) is 2. The van der Waals surface area contributed by atoms with Crippen molar-refractivity contribution in [2.75, 3.05) is 18.1 Å². The molecule has 0 amide bonds. The van der Waals surface area contributed by atoms with Gasteiger partial charge < -0.3 is 5.32 Å². The van der Waals surface area contributed by atoms with Gasteiger partial charge in [0, 0.05) is 6.54 Å². The van der Waals surface area contributed by atoms with Crippen molar-refractivity contribution in [2.45, 2.75) is 33.7 Å². The van der Waals surface area contributed by atoms with Gasteiger partial charge in [-0.25, -0.2) is 0 Å². The van der Waals surface area contributed by atoms with E-state index in [4.69, 9.17) is 0 Å². The first kappa shape index (κ1) is 13.6. The van der Waals surface area contributed by atoms with E-state index in [2.05, 4.69) is 44.3 Å². The van der Waals surface area contributed by atoms with Crippen LogP contribution in [0, 0.1) is 13.8 Å². The third-order valence-corrected chi connectivity index (χ3v) is 3.78. The van der Waals surface area contributed by atoms with Gasteiger partial charge in [-0.3, -0.25) is 0 Å². The lowest BCUT2D eigenvalue weighted by molar-refractivity contribution is 0.674. The van der Waals surface area contributed by atoms with Crippen molar-refractivity contribution in [1.29, 1.82) is 0 Å². The van der Waals surface area contributed by atoms with Crippen molar-refractivity contribution in [2.24, 2.45) is 0 Å². The first-order chi connectivity index (χ1) is 7.75. The highest BCUT2D eigenvalue weighted by atomic mass is 32.2. The first-order valence-electron chi connectivity index (χ1n) is 6.09. The minimum Gasteiger partial charge on any atom is -0.313 e. The molecule has 0 atom stereocenters. The van der Waals surface area contributed by atoms with Crippen LogP contribution in [0.25, 0.3) is 0 Å². The second kappa shape index (κ2) is 7.75. The van der Waals surface area contributed by atoms with Crippen LogP contribution < -0.4 is 5.32 Å². The van der Waals surface area contributed by atoms with E-state index < -0.39 is 0 Å². The van der Waals surface area contributed by atoms with Crippen molar-refractivity contribution >= 4 is 11.8 Å². The zero-order chi connectivity index (χ0) is 11.8. The van der Waals surface area contributed by atoms with Crippen LogP contribution in [0.5, 0.6) is 0 Å². The van der Waals surface area contributed by atoms with Crippen molar-refractivity contribution in [3.63, 3.8) is 0 Å². The largest absolute Gasteiger partial charge is 0.313 e. The maximum absolute atomic E-state index is 3.53. The molecule has 16 heavy (non-hydrogen) atoms. The Kier molecular flexibility index (Phi) is 6.58. The van der Waals surface area contributed by atoms with Crippen molar-refractivity contribution in [3.05, 3.63) is 34.9 Å². The molecule has 0 aliphatic heterocycles. The van der Waals surface area contributed by atoms with E-state index in [-0.39, 0.29) is 0 Å². The quantitative estimate of drug-likeness (QED) is 0.728. The van der Waals surface area contributed by atoms with Crippen LogP contribution in [0.15, 0.2) is 18.2 Å². The van der Waals surface area contributed by atoms with E-state index in [1.165, 1.54) is 34.6 Å². The molecule has 0 unspecified atom stereocenters. The lowest BCUT2D eigenvalue weighted by atomic mass is 10.0. The van der Waals surface area contributed by atoms with E-state index in [1.807, 2.05) is 11.8 Å². The number of rotatable bonds is 7. The zero-order valence-corrected chi connectivity index (χ0v) is 11.5. The summed E-state index contributed by atoms with van der Waals surface area (Å²) in [5.41, 5.74) is 4.26. The minimum atomic E-state index is 1.01. The Morgan fingerprint density at radius 2 is 1.88 bits per heavy atom. The van der Waals surface area contributed by atoms with Gasteiger partial charge in [0.15, 0.2) is 0 Å². The molecule has 0 spiro atoms. The molecular weight excluding hydrogens is 214 g/mol. The molecule has 90 valence electrons. The second-order valence-electron chi connectivity index (χ2n) is 4.10. The van der Waals surface area contributed by atoms with E-state index in [0.29, 0.717) is 0 Å². The van der Waals surface area contributed by atoms with Gasteiger partial charge in [-0.1, -0.05) is 25.1 Å². The average molecular weight is 237 g/mol. The molecular formula is C14H23NS. The third-order valence-electron chi connectivity index (χ3n) is 2.79. The monoisotopic (exact) mass is 237 g/mol. The molecule has 0 aromatic heterocycles. The van der Waals surface area contributed by atoms with Crippen LogP contribution in [0.2, 0.25) is 0 Å². The molecule has 0 fully saturated rings. The standard InChI is InChI=1S/C14H23NS/c1-4-16-10-6-9-15-11-14-12(2)7-5-8-13(14)3/h5,7-8,15H,4,6,9-11H2,1-3H3. The average Bonchev–Trinajstić information content (AvgIpc) is 2.26. The summed E-state index contributed by atoms with van der Waals surface area (Å²) in [5, 5.41) is 3.53. The SMILES string of the molecule is CCSCCCNCc1c(C)cccc1C. The van der Waals surface area contributed by atoms with Gasteiger partial charge in [0.1, 0.15) is 0 Å². The molecule has 0 saturated carbocycles. The van der Waals surface area contributed by atoms with Gasteiger partial charge in [-0.05, 0) is 55.0 Å². The number of benzene rings is 1. The van der Waals surface area contributed by atoms with Crippen LogP contribution in [0.4, 0.5) is 0 Å². The molecule has 0 saturated heterocycles. The van der Waals surface area contributed by atoms with Crippen molar-refractivity contribution in [1.82, 2.24) is 5.32 Å². The van der Waals surface area contributed by atoms with Crippen LogP contribution in [0.1, 0.15) is 30.0 Å². The maximum atomic E-state index is 3.53. The topological polar surface area (TPSA) is 12.0 Å². The summed E-state index contributed by atoms with van der Waals surface area (Å²) in [4.78, 5) is 0. The smallest absolute Gasteiger partial charge is 0.0210 e. The summed E-state index contributed by atoms with van der Waals surface area (Å²) in [6, 6.07) is 6.51. The van der Waals surface area contributed by atoms with Gasteiger partial charge in [0.05, 0.1) is 0 Å². The van der Waals surface area contributed by atoms with Gasteiger partial charge in [-0.15, -0.1) is 0 Å². The lowest BCUT2D eigenvalue weighted by Crippen LogP contribution is -2.16. The molecule has 0 heterocycles. The molecule has 1 aromatic rings. The molecule has 1 nitrogen and oxygen atoms in total. The Morgan fingerprint density at radius 3 is 2.50 bits per heavy atom. The number of aryl methyl sites for hydroxylation is 2. The normalized spacial score (nSPS) is 10.7. The number of nitrogens with one attached hydrogen (secondary N) is 1. The summed E-state index contributed by atoms with van der Waals surface area (Å²) < 4.78 is 0. The highest BCUT2D eigenvalue weighted by molar-refractivity contribution is 7.99. The maximum Gasteiger partial charge on any atom is 0.0210 e.